The largest absolute Gasteiger partial charge is 0.508 e. The molecular formula is C29H36N4O4. The van der Waals surface area contributed by atoms with Crippen LogP contribution in [0.5, 0.6) is 5.75 Å². The molecule has 0 radical (unpaired) electrons. The van der Waals surface area contributed by atoms with Crippen LogP contribution in [-0.4, -0.2) is 53.5 Å². The Balaban J connectivity index is 1.64. The van der Waals surface area contributed by atoms with E-state index in [-0.39, 0.29) is 41.4 Å². The maximum absolute atomic E-state index is 12.8. The summed E-state index contributed by atoms with van der Waals surface area (Å²) in [5.74, 6) is 0.00339. The summed E-state index contributed by atoms with van der Waals surface area (Å²) in [6, 6.07) is 12.6. The van der Waals surface area contributed by atoms with Gasteiger partial charge in [0.25, 0.3) is 5.91 Å². The molecule has 3 rings (SSSR count). The van der Waals surface area contributed by atoms with E-state index in [0.29, 0.717) is 36.5 Å². The summed E-state index contributed by atoms with van der Waals surface area (Å²) in [7, 11) is 0. The zero-order valence-electron chi connectivity index (χ0n) is 22.0. The predicted octanol–water partition coefficient (Wildman–Crippen LogP) is 3.35. The maximum atomic E-state index is 12.8. The van der Waals surface area contributed by atoms with Crippen molar-refractivity contribution >= 4 is 17.5 Å². The molecule has 37 heavy (non-hydrogen) atoms. The lowest BCUT2D eigenvalue weighted by Crippen LogP contribution is -2.39. The molecule has 2 atom stereocenters. The fraction of sp³-hybridized carbons (Fsp3) is 0.448. The minimum absolute atomic E-state index is 0.0523. The number of nitrogens with zero attached hydrogens (tertiary/aromatic N) is 2. The van der Waals surface area contributed by atoms with E-state index in [1.165, 1.54) is 6.07 Å². The number of carbonyl (C=O) groups is 2. The molecule has 8 heteroatoms. The molecule has 1 aliphatic rings. The highest BCUT2D eigenvalue weighted by atomic mass is 16.3. The van der Waals surface area contributed by atoms with Crippen LogP contribution in [0, 0.1) is 11.3 Å². The number of nitrogens with one attached hydrogen (secondary N) is 2. The van der Waals surface area contributed by atoms with Gasteiger partial charge in [-0.1, -0.05) is 33.8 Å². The number of ketones is 1. The minimum atomic E-state index is -0.519. The van der Waals surface area contributed by atoms with Crippen LogP contribution in [0.3, 0.4) is 0 Å². The Labute approximate surface area is 218 Å². The standard InChI is InChI=1S/C29H36N4O4/c1-5-20(21-7-19(14-30)8-23(11-21)29(2,3)4)12-25(35)15-33-28(37)22-6-18(9-24(34)13-22)10-27-31-16-26(36)17-32-27/h6-9,11,13,20,26,34,36H,5,10,12,15-17H2,1-4H3,(H,31,32)(H,33,37)/t20-/m1/s1. The van der Waals surface area contributed by atoms with E-state index >= 15 is 0 Å². The first kappa shape index (κ1) is 27.9. The van der Waals surface area contributed by atoms with Crippen LogP contribution >= 0.6 is 0 Å². The number of amidine groups is 1. The van der Waals surface area contributed by atoms with E-state index in [2.05, 4.69) is 48.5 Å². The summed E-state index contributed by atoms with van der Waals surface area (Å²) in [6.07, 6.45) is 0.840. The second-order valence-electron chi connectivity index (χ2n) is 10.6. The van der Waals surface area contributed by atoms with Gasteiger partial charge < -0.3 is 20.8 Å². The molecule has 0 spiro atoms. The molecule has 0 aromatic heterocycles. The van der Waals surface area contributed by atoms with Gasteiger partial charge in [-0.05, 0) is 64.8 Å². The number of aliphatic hydroxyl groups is 1. The first-order valence-electron chi connectivity index (χ1n) is 12.6. The molecule has 0 bridgehead atoms. The molecule has 0 aliphatic carbocycles. The van der Waals surface area contributed by atoms with Crippen LogP contribution in [0.1, 0.15) is 79.1 Å². The van der Waals surface area contributed by atoms with Crippen LogP contribution in [-0.2, 0) is 16.6 Å². The van der Waals surface area contributed by atoms with Crippen molar-refractivity contribution in [1.29, 1.82) is 5.26 Å². The van der Waals surface area contributed by atoms with Crippen molar-refractivity contribution in [3.05, 3.63) is 64.2 Å². The molecular weight excluding hydrogens is 468 g/mol. The van der Waals surface area contributed by atoms with Crippen molar-refractivity contribution in [3.8, 4) is 11.8 Å². The van der Waals surface area contributed by atoms with Crippen molar-refractivity contribution in [1.82, 2.24) is 10.6 Å². The zero-order valence-corrected chi connectivity index (χ0v) is 22.0. The van der Waals surface area contributed by atoms with Gasteiger partial charge in [-0.25, -0.2) is 0 Å². The smallest absolute Gasteiger partial charge is 0.251 e. The Morgan fingerprint density at radius 2 is 1.97 bits per heavy atom. The van der Waals surface area contributed by atoms with Crippen LogP contribution in [0.25, 0.3) is 0 Å². The SMILES string of the molecule is CC[C@H](CC(=O)CNC(=O)c1cc(O)cc(CC2=NCC(O)CN2)c1)c1cc(C#N)cc(C(C)(C)C)c1. The number of nitriles is 1. The van der Waals surface area contributed by atoms with E-state index in [0.717, 1.165) is 17.5 Å². The van der Waals surface area contributed by atoms with Gasteiger partial charge >= 0.3 is 0 Å². The Kier molecular flexibility index (Phi) is 9.06. The number of aromatic hydroxyl groups is 1. The quantitative estimate of drug-likeness (QED) is 0.414. The number of hydrogen-bond donors (Lipinski definition) is 4. The van der Waals surface area contributed by atoms with E-state index in [9.17, 15) is 25.1 Å². The van der Waals surface area contributed by atoms with Gasteiger partial charge in [0.15, 0.2) is 5.78 Å². The van der Waals surface area contributed by atoms with Crippen LogP contribution in [0.4, 0.5) is 0 Å². The average Bonchev–Trinajstić information content (AvgIpc) is 2.86. The summed E-state index contributed by atoms with van der Waals surface area (Å²) in [5, 5.41) is 34.9. The number of phenolic OH excluding ortho intramolecular Hbond substituents is 1. The molecule has 1 amide bonds. The minimum Gasteiger partial charge on any atom is -0.508 e. The van der Waals surface area contributed by atoms with E-state index in [1.807, 2.05) is 19.1 Å². The Bertz CT molecular complexity index is 1220. The van der Waals surface area contributed by atoms with Crippen molar-refractivity contribution in [2.45, 2.75) is 64.4 Å². The number of aliphatic imine (C=N–C) groups is 1. The van der Waals surface area contributed by atoms with Gasteiger partial charge in [-0.2, -0.15) is 5.26 Å². The van der Waals surface area contributed by atoms with E-state index < -0.39 is 12.0 Å². The highest BCUT2D eigenvalue weighted by molar-refractivity contribution is 5.97. The third-order valence-corrected chi connectivity index (χ3v) is 6.48. The van der Waals surface area contributed by atoms with Crippen molar-refractivity contribution < 1.29 is 19.8 Å². The highest BCUT2D eigenvalue weighted by Crippen LogP contribution is 2.30. The molecule has 2 aromatic rings. The first-order chi connectivity index (χ1) is 17.5. The van der Waals surface area contributed by atoms with Gasteiger partial charge in [0.1, 0.15) is 11.6 Å². The monoisotopic (exact) mass is 504 g/mol. The number of amides is 1. The van der Waals surface area contributed by atoms with Gasteiger partial charge in [-0.3, -0.25) is 14.6 Å². The summed E-state index contributed by atoms with van der Waals surface area (Å²) in [5.41, 5.74) is 3.40. The molecule has 1 aliphatic heterocycles. The Morgan fingerprint density at radius 3 is 2.59 bits per heavy atom. The van der Waals surface area contributed by atoms with Crippen molar-refractivity contribution in [2.75, 3.05) is 19.6 Å². The van der Waals surface area contributed by atoms with Crippen LogP contribution in [0.15, 0.2) is 41.4 Å². The number of β-amino-alcohol motifs (C(OH)–C–C–N with tert-alkyl or cyclic N) is 1. The summed E-state index contributed by atoms with van der Waals surface area (Å²) in [6.45, 7) is 8.86. The normalized spacial score (nSPS) is 16.2. The third kappa shape index (κ3) is 7.89. The summed E-state index contributed by atoms with van der Waals surface area (Å²) < 4.78 is 0. The highest BCUT2D eigenvalue weighted by Gasteiger charge is 2.21. The number of benzene rings is 2. The van der Waals surface area contributed by atoms with Gasteiger partial charge in [0.05, 0.1) is 30.8 Å². The van der Waals surface area contributed by atoms with Gasteiger partial charge in [-0.15, -0.1) is 0 Å². The lowest BCUT2D eigenvalue weighted by Gasteiger charge is -2.23. The molecule has 2 aromatic carbocycles. The zero-order chi connectivity index (χ0) is 27.2. The maximum Gasteiger partial charge on any atom is 0.251 e. The van der Waals surface area contributed by atoms with Crippen molar-refractivity contribution in [2.24, 2.45) is 4.99 Å². The number of hydrogen-bond acceptors (Lipinski definition) is 7. The number of rotatable bonds is 9. The molecule has 0 saturated carbocycles. The Morgan fingerprint density at radius 1 is 1.22 bits per heavy atom. The lowest BCUT2D eigenvalue weighted by molar-refractivity contribution is -0.118. The number of phenols is 1. The van der Waals surface area contributed by atoms with Gasteiger partial charge in [0.2, 0.25) is 0 Å². The molecule has 1 unspecified atom stereocenters. The second kappa shape index (κ2) is 12.0. The fourth-order valence-electron chi connectivity index (χ4n) is 4.30. The molecule has 0 fully saturated rings. The lowest BCUT2D eigenvalue weighted by atomic mass is 9.82. The second-order valence-corrected chi connectivity index (χ2v) is 10.6. The Hall–Kier alpha value is -3.70. The molecule has 8 nitrogen and oxygen atoms in total. The van der Waals surface area contributed by atoms with E-state index in [1.54, 1.807) is 12.1 Å². The van der Waals surface area contributed by atoms with Crippen LogP contribution < -0.4 is 10.6 Å². The molecule has 0 saturated heterocycles. The summed E-state index contributed by atoms with van der Waals surface area (Å²) >= 11 is 0. The number of carbonyl (C=O) groups excluding carboxylic acids is 2. The predicted molar refractivity (Wildman–Crippen MR) is 143 cm³/mol. The number of Topliss-reactive ketones (excluding diaryl/α,β-unsaturated/α-hetero) is 1. The van der Waals surface area contributed by atoms with Crippen molar-refractivity contribution in [3.63, 3.8) is 0 Å². The molecule has 1 heterocycles. The first-order valence-corrected chi connectivity index (χ1v) is 12.6. The van der Waals surface area contributed by atoms with Crippen LogP contribution in [0.2, 0.25) is 0 Å². The third-order valence-electron chi connectivity index (χ3n) is 6.48. The van der Waals surface area contributed by atoms with E-state index in [4.69, 9.17) is 0 Å². The van der Waals surface area contributed by atoms with Gasteiger partial charge in [0, 0.05) is 24.9 Å². The molecule has 196 valence electrons. The number of aliphatic hydroxyl groups excluding tert-OH is 1. The average molecular weight is 505 g/mol. The fourth-order valence-corrected chi connectivity index (χ4v) is 4.30. The topological polar surface area (TPSA) is 135 Å². The summed E-state index contributed by atoms with van der Waals surface area (Å²) in [4.78, 5) is 29.8. The molecule has 4 N–H and O–H groups in total.